The first-order chi connectivity index (χ1) is 13.6. The topological polar surface area (TPSA) is 26.3 Å². The summed E-state index contributed by atoms with van der Waals surface area (Å²) in [7, 11) is -0.391. The van der Waals surface area contributed by atoms with Crippen molar-refractivity contribution in [2.24, 2.45) is 0 Å². The number of ketones is 1. The molecule has 0 saturated heterocycles. The minimum absolute atomic E-state index is 0.306. The number of carbonyl (C=O) groups is 1. The molecule has 0 saturated carbocycles. The highest BCUT2D eigenvalue weighted by molar-refractivity contribution is 6.94. The minimum atomic E-state index is -2.15. The van der Waals surface area contributed by atoms with Crippen molar-refractivity contribution in [1.29, 1.82) is 0 Å². The molecule has 3 heteroatoms. The quantitative estimate of drug-likeness (QED) is 0.473. The summed E-state index contributed by atoms with van der Waals surface area (Å²) in [5.41, 5.74) is 3.19. The van der Waals surface area contributed by atoms with Crippen molar-refractivity contribution in [3.8, 4) is 0 Å². The van der Waals surface area contributed by atoms with Gasteiger partial charge in [-0.1, -0.05) is 84.0 Å². The second-order valence-corrected chi connectivity index (χ2v) is 15.5. The van der Waals surface area contributed by atoms with Crippen LogP contribution in [-0.2, 0) is 9.53 Å². The van der Waals surface area contributed by atoms with Gasteiger partial charge in [-0.05, 0) is 50.7 Å². The first-order valence-corrected chi connectivity index (χ1v) is 13.2. The normalized spacial score (nSPS) is 20.7. The highest BCUT2D eigenvalue weighted by Gasteiger charge is 2.55. The molecular formula is C26H36O2Si. The first-order valence-electron chi connectivity index (χ1n) is 10.9. The van der Waals surface area contributed by atoms with Crippen LogP contribution in [0.2, 0.25) is 16.6 Å². The molecule has 0 radical (unpaired) electrons. The SMILES string of the molecule is CO[C@@]1(C)CC(=O)C([Si](C(C)C)(C(C)C)C(C)C)=C1c1cccc2ccccc12. The Hall–Kier alpha value is -1.71. The molecule has 0 unspecified atom stereocenters. The van der Waals surface area contributed by atoms with Gasteiger partial charge in [-0.2, -0.15) is 0 Å². The first kappa shape index (κ1) is 22.0. The molecule has 0 N–H and O–H groups in total. The van der Waals surface area contributed by atoms with E-state index in [-0.39, 0.29) is 0 Å². The van der Waals surface area contributed by atoms with Crippen LogP contribution in [-0.4, -0.2) is 26.6 Å². The largest absolute Gasteiger partial charge is 0.373 e. The van der Waals surface area contributed by atoms with Crippen LogP contribution in [0.5, 0.6) is 0 Å². The fourth-order valence-corrected chi connectivity index (χ4v) is 13.4. The summed E-state index contributed by atoms with van der Waals surface area (Å²) >= 11 is 0. The van der Waals surface area contributed by atoms with E-state index in [0.717, 1.165) is 10.8 Å². The maximum absolute atomic E-state index is 13.7. The van der Waals surface area contributed by atoms with Crippen molar-refractivity contribution in [3.63, 3.8) is 0 Å². The Morgan fingerprint density at radius 3 is 2.00 bits per heavy atom. The summed E-state index contributed by atoms with van der Waals surface area (Å²) in [6.45, 7) is 16.1. The molecular weight excluding hydrogens is 372 g/mol. The van der Waals surface area contributed by atoms with Crippen LogP contribution in [0.4, 0.5) is 0 Å². The van der Waals surface area contributed by atoms with E-state index in [1.165, 1.54) is 16.3 Å². The van der Waals surface area contributed by atoms with E-state index in [9.17, 15) is 4.79 Å². The van der Waals surface area contributed by atoms with Gasteiger partial charge in [0.15, 0.2) is 5.78 Å². The van der Waals surface area contributed by atoms with Gasteiger partial charge in [-0.3, -0.25) is 4.79 Å². The fraction of sp³-hybridized carbons (Fsp3) is 0.500. The van der Waals surface area contributed by atoms with E-state index in [1.54, 1.807) is 7.11 Å². The molecule has 1 aliphatic rings. The number of fused-ring (bicyclic) bond motifs is 1. The molecule has 0 aliphatic heterocycles. The molecule has 0 spiro atoms. The number of hydrogen-bond donors (Lipinski definition) is 0. The Morgan fingerprint density at radius 1 is 0.897 bits per heavy atom. The Morgan fingerprint density at radius 2 is 1.45 bits per heavy atom. The van der Waals surface area contributed by atoms with E-state index in [1.807, 2.05) is 0 Å². The van der Waals surface area contributed by atoms with Crippen LogP contribution in [0.1, 0.15) is 60.5 Å². The molecule has 1 atom stereocenters. The second kappa shape index (κ2) is 7.85. The third-order valence-corrected chi connectivity index (χ3v) is 14.5. The summed E-state index contributed by atoms with van der Waals surface area (Å²) < 4.78 is 6.09. The number of rotatable bonds is 6. The molecule has 2 aromatic rings. The van der Waals surface area contributed by atoms with Crippen molar-refractivity contribution in [2.75, 3.05) is 7.11 Å². The third-order valence-electron chi connectivity index (χ3n) is 7.36. The van der Waals surface area contributed by atoms with E-state index in [0.29, 0.717) is 28.8 Å². The number of allylic oxidation sites excluding steroid dienone is 1. The van der Waals surface area contributed by atoms with Crippen molar-refractivity contribution < 1.29 is 9.53 Å². The Labute approximate surface area is 177 Å². The average Bonchev–Trinajstić information content (AvgIpc) is 2.92. The Bertz CT molecular complexity index is 927. The van der Waals surface area contributed by atoms with Gasteiger partial charge in [0.25, 0.3) is 0 Å². The van der Waals surface area contributed by atoms with E-state index >= 15 is 0 Å². The summed E-state index contributed by atoms with van der Waals surface area (Å²) in [4.78, 5) is 13.7. The minimum Gasteiger partial charge on any atom is -0.373 e. The lowest BCUT2D eigenvalue weighted by atomic mass is 9.89. The number of Topliss-reactive ketones (excluding diaryl/α,β-unsaturated/α-hetero) is 1. The Balaban J connectivity index is 2.50. The molecule has 0 heterocycles. The molecule has 0 bridgehead atoms. The zero-order valence-corrected chi connectivity index (χ0v) is 20.3. The van der Waals surface area contributed by atoms with Gasteiger partial charge in [0.05, 0.1) is 13.7 Å². The van der Waals surface area contributed by atoms with Crippen LogP contribution in [0, 0.1) is 0 Å². The monoisotopic (exact) mass is 408 g/mol. The summed E-state index contributed by atoms with van der Waals surface area (Å²) in [5.74, 6) is 0.306. The Kier molecular flexibility index (Phi) is 5.95. The van der Waals surface area contributed by atoms with Crippen molar-refractivity contribution in [2.45, 2.75) is 77.1 Å². The van der Waals surface area contributed by atoms with Gasteiger partial charge < -0.3 is 4.74 Å². The predicted octanol–water partition coefficient (Wildman–Crippen LogP) is 7.19. The zero-order chi connectivity index (χ0) is 21.6. The maximum Gasteiger partial charge on any atom is 0.158 e. The van der Waals surface area contributed by atoms with Crippen LogP contribution in [0.3, 0.4) is 0 Å². The molecule has 29 heavy (non-hydrogen) atoms. The smallest absolute Gasteiger partial charge is 0.158 e. The van der Waals surface area contributed by atoms with Crippen LogP contribution < -0.4 is 0 Å². The van der Waals surface area contributed by atoms with Crippen LogP contribution in [0.15, 0.2) is 47.7 Å². The third kappa shape index (κ3) is 3.23. The zero-order valence-electron chi connectivity index (χ0n) is 19.3. The molecule has 1 aliphatic carbocycles. The lowest BCUT2D eigenvalue weighted by Crippen LogP contribution is -2.48. The molecule has 0 fully saturated rings. The molecule has 2 aromatic carbocycles. The van der Waals surface area contributed by atoms with Gasteiger partial charge in [0, 0.05) is 13.5 Å². The predicted molar refractivity (Wildman–Crippen MR) is 127 cm³/mol. The molecule has 0 aromatic heterocycles. The summed E-state index contributed by atoms with van der Waals surface area (Å²) in [6.07, 6.45) is 0.443. The van der Waals surface area contributed by atoms with Gasteiger partial charge in [0.2, 0.25) is 0 Å². The number of methoxy groups -OCH3 is 1. The second-order valence-electron chi connectivity index (χ2n) is 9.71. The van der Waals surface area contributed by atoms with Crippen molar-refractivity contribution in [1.82, 2.24) is 0 Å². The van der Waals surface area contributed by atoms with E-state index in [2.05, 4.69) is 90.9 Å². The van der Waals surface area contributed by atoms with Gasteiger partial charge >= 0.3 is 0 Å². The van der Waals surface area contributed by atoms with Gasteiger partial charge in [0.1, 0.15) is 0 Å². The van der Waals surface area contributed by atoms with Crippen molar-refractivity contribution >= 4 is 30.2 Å². The van der Waals surface area contributed by atoms with E-state index < -0.39 is 13.7 Å². The highest BCUT2D eigenvalue weighted by atomic mass is 28.3. The number of benzene rings is 2. The van der Waals surface area contributed by atoms with E-state index in [4.69, 9.17) is 4.74 Å². The molecule has 156 valence electrons. The van der Waals surface area contributed by atoms with Crippen molar-refractivity contribution in [3.05, 3.63) is 53.2 Å². The molecule has 3 rings (SSSR count). The summed E-state index contributed by atoms with van der Waals surface area (Å²) in [6, 6.07) is 14.9. The number of carbonyl (C=O) groups excluding carboxylic acids is 1. The highest BCUT2D eigenvalue weighted by Crippen LogP contribution is 2.55. The van der Waals surface area contributed by atoms with Crippen LogP contribution in [0.25, 0.3) is 16.3 Å². The van der Waals surface area contributed by atoms with Gasteiger partial charge in [-0.25, -0.2) is 0 Å². The molecule has 2 nitrogen and oxygen atoms in total. The molecule has 0 amide bonds. The maximum atomic E-state index is 13.7. The van der Waals surface area contributed by atoms with Gasteiger partial charge in [-0.15, -0.1) is 0 Å². The fourth-order valence-electron chi connectivity index (χ4n) is 6.25. The number of hydrogen-bond acceptors (Lipinski definition) is 2. The summed E-state index contributed by atoms with van der Waals surface area (Å²) in [5, 5.41) is 3.55. The number of ether oxygens (including phenoxy) is 1. The average molecular weight is 409 g/mol. The lowest BCUT2D eigenvalue weighted by molar-refractivity contribution is -0.117. The standard InChI is InChI=1S/C26H36O2Si/c1-17(2)29(18(3)4,19(5)6)25-23(27)16-26(7,28-8)24(25)22-15-11-13-20-12-9-10-14-21(20)22/h9-15,17-19H,16H2,1-8H3/t26-/m0/s1. The van der Waals surface area contributed by atoms with Crippen LogP contribution >= 0.6 is 0 Å². The lowest BCUT2D eigenvalue weighted by Gasteiger charge is -2.45.